The number of aryl methyl sites for hydroxylation is 2. The van der Waals surface area contributed by atoms with Gasteiger partial charge in [0.15, 0.2) is 10.1 Å². The predicted octanol–water partition coefficient (Wildman–Crippen LogP) is 6.29. The van der Waals surface area contributed by atoms with Crippen LogP contribution in [0, 0.1) is 13.8 Å². The van der Waals surface area contributed by atoms with Crippen molar-refractivity contribution in [3.8, 4) is 5.75 Å². The number of hydrogen-bond donors (Lipinski definition) is 1. The lowest BCUT2D eigenvalue weighted by Crippen LogP contribution is -2.29. The lowest BCUT2D eigenvalue weighted by Gasteiger charge is -2.22. The molecule has 1 unspecified atom stereocenters. The molecule has 1 N–H and O–H groups in total. The number of anilines is 1. The maximum Gasteiger partial charge on any atom is 0.301 e. The number of thioether (sulfide) groups is 1. The van der Waals surface area contributed by atoms with Crippen LogP contribution in [-0.2, 0) is 15.3 Å². The van der Waals surface area contributed by atoms with E-state index in [4.69, 9.17) is 4.74 Å². The summed E-state index contributed by atoms with van der Waals surface area (Å²) in [5.41, 5.74) is 4.33. The third-order valence-electron chi connectivity index (χ3n) is 7.02. The Bertz CT molecular complexity index is 1880. The second-order valence-corrected chi connectivity index (χ2v) is 12.1. The van der Waals surface area contributed by atoms with Crippen LogP contribution >= 0.6 is 23.1 Å². The minimum absolute atomic E-state index is 0.0532. The van der Waals surface area contributed by atoms with Crippen molar-refractivity contribution in [1.82, 2.24) is 19.6 Å². The maximum absolute atomic E-state index is 13.7. The van der Waals surface area contributed by atoms with Crippen molar-refractivity contribution >= 4 is 51.3 Å². The van der Waals surface area contributed by atoms with Gasteiger partial charge in [-0.2, -0.15) is 0 Å². The molecule has 216 valence electrons. The highest BCUT2D eigenvalue weighted by molar-refractivity contribution is 8.00. The lowest BCUT2D eigenvalue weighted by molar-refractivity contribution is -0.132. The van der Waals surface area contributed by atoms with E-state index in [1.807, 2.05) is 13.0 Å². The van der Waals surface area contributed by atoms with Crippen molar-refractivity contribution in [2.45, 2.75) is 30.0 Å². The number of rotatable bonds is 9. The van der Waals surface area contributed by atoms with E-state index in [2.05, 4.69) is 46.0 Å². The molecule has 5 aromatic rings. The summed E-state index contributed by atoms with van der Waals surface area (Å²) in [5, 5.41) is 20.6. The fourth-order valence-electron chi connectivity index (χ4n) is 4.96. The Balaban J connectivity index is 1.42. The van der Waals surface area contributed by atoms with Gasteiger partial charge in [-0.15, -0.1) is 10.2 Å². The highest BCUT2D eigenvalue weighted by atomic mass is 32.2. The summed E-state index contributed by atoms with van der Waals surface area (Å²) in [5.74, 6) is -0.645. The summed E-state index contributed by atoms with van der Waals surface area (Å²) in [7, 11) is 0. The molecule has 1 fully saturated rings. The van der Waals surface area contributed by atoms with Crippen molar-refractivity contribution < 1.29 is 19.4 Å². The molecular weight excluding hydrogens is 583 g/mol. The molecule has 1 aliphatic rings. The van der Waals surface area contributed by atoms with Gasteiger partial charge in [-0.25, -0.2) is 4.98 Å². The second-order valence-electron chi connectivity index (χ2n) is 9.94. The van der Waals surface area contributed by atoms with Gasteiger partial charge in [0.05, 0.1) is 17.3 Å². The minimum Gasteiger partial charge on any atom is -0.505 e. The van der Waals surface area contributed by atoms with E-state index in [1.54, 1.807) is 60.0 Å². The SMILES string of the molecule is C=CCOc1ccc(C2/C(=C(\O)c3c(C)nc4ccccn34)C(=O)C(=O)N2c2nnc(SCc3ccc(C)cc3)s2)cc1. The smallest absolute Gasteiger partial charge is 0.301 e. The highest BCUT2D eigenvalue weighted by Crippen LogP contribution is 2.44. The normalized spacial score (nSPS) is 16.2. The van der Waals surface area contributed by atoms with Gasteiger partial charge in [0.2, 0.25) is 5.13 Å². The molecule has 1 saturated heterocycles. The van der Waals surface area contributed by atoms with Crippen LogP contribution in [-0.4, -0.2) is 43.0 Å². The van der Waals surface area contributed by atoms with Crippen molar-refractivity contribution in [2.75, 3.05) is 11.5 Å². The molecule has 0 saturated carbocycles. The highest BCUT2D eigenvalue weighted by Gasteiger charge is 2.49. The Morgan fingerprint density at radius 2 is 1.84 bits per heavy atom. The number of benzene rings is 2. The maximum atomic E-state index is 13.7. The first-order valence-electron chi connectivity index (χ1n) is 13.5. The van der Waals surface area contributed by atoms with Gasteiger partial charge in [0, 0.05) is 11.9 Å². The average molecular weight is 610 g/mol. The van der Waals surface area contributed by atoms with Crippen LogP contribution in [0.4, 0.5) is 5.13 Å². The van der Waals surface area contributed by atoms with E-state index in [0.717, 1.165) is 5.56 Å². The number of Topliss-reactive ketones (excluding diaryl/α,β-unsaturated/α-hetero) is 1. The number of pyridine rings is 1. The van der Waals surface area contributed by atoms with Gasteiger partial charge in [0.1, 0.15) is 23.7 Å². The van der Waals surface area contributed by atoms with E-state index in [9.17, 15) is 14.7 Å². The second kappa shape index (κ2) is 11.9. The molecule has 1 aliphatic heterocycles. The van der Waals surface area contributed by atoms with Crippen molar-refractivity contribution in [2.24, 2.45) is 0 Å². The first-order valence-corrected chi connectivity index (χ1v) is 15.3. The number of carbonyl (C=O) groups is 2. The van der Waals surface area contributed by atoms with E-state index < -0.39 is 17.7 Å². The predicted molar refractivity (Wildman–Crippen MR) is 167 cm³/mol. The Hall–Kier alpha value is -4.74. The molecule has 0 aliphatic carbocycles. The molecule has 0 bridgehead atoms. The molecule has 2 aromatic carbocycles. The zero-order chi connectivity index (χ0) is 30.1. The Kier molecular flexibility index (Phi) is 7.83. The fourth-order valence-corrected chi connectivity index (χ4v) is 6.78. The first-order chi connectivity index (χ1) is 20.9. The molecule has 11 heteroatoms. The molecule has 4 heterocycles. The molecule has 3 aromatic heterocycles. The van der Waals surface area contributed by atoms with Crippen molar-refractivity contribution in [1.29, 1.82) is 0 Å². The number of aliphatic hydroxyl groups excluding tert-OH is 1. The number of amides is 1. The number of hydrogen-bond acceptors (Lipinski definition) is 9. The zero-order valence-corrected chi connectivity index (χ0v) is 25.1. The topological polar surface area (TPSA) is 110 Å². The number of ketones is 1. The monoisotopic (exact) mass is 609 g/mol. The van der Waals surface area contributed by atoms with Crippen LogP contribution in [0.3, 0.4) is 0 Å². The van der Waals surface area contributed by atoms with Crippen LogP contribution in [0.15, 0.2) is 95.5 Å². The molecule has 6 rings (SSSR count). The number of aromatic nitrogens is 4. The summed E-state index contributed by atoms with van der Waals surface area (Å²) in [6, 6.07) is 19.8. The van der Waals surface area contributed by atoms with Gasteiger partial charge in [-0.1, -0.05) is 83.8 Å². The summed E-state index contributed by atoms with van der Waals surface area (Å²) < 4.78 is 7.99. The number of nitrogens with zero attached hydrogens (tertiary/aromatic N) is 5. The van der Waals surface area contributed by atoms with Crippen LogP contribution in [0.25, 0.3) is 11.4 Å². The van der Waals surface area contributed by atoms with Gasteiger partial charge in [0.25, 0.3) is 5.78 Å². The van der Waals surface area contributed by atoms with Gasteiger partial charge in [-0.3, -0.25) is 18.9 Å². The largest absolute Gasteiger partial charge is 0.505 e. The minimum atomic E-state index is -0.954. The lowest BCUT2D eigenvalue weighted by atomic mass is 9.96. The number of imidazole rings is 1. The zero-order valence-electron chi connectivity index (χ0n) is 23.4. The fraction of sp³-hybridized carbons (Fsp3) is 0.156. The standard InChI is InChI=1S/C32H27N5O4S2/c1-4-17-41-23-14-12-22(13-15-23)27-25(28(38)26-20(3)33-24-7-5-6-16-36(24)26)29(39)30(40)37(27)31-34-35-32(43-31)42-18-21-10-8-19(2)9-11-21/h4-16,27,38H,1,17-18H2,2-3H3/b28-25+. The molecule has 1 amide bonds. The van der Waals surface area contributed by atoms with Crippen LogP contribution in [0.2, 0.25) is 0 Å². The first kappa shape index (κ1) is 28.4. The average Bonchev–Trinajstić information content (AvgIpc) is 3.69. The summed E-state index contributed by atoms with van der Waals surface area (Å²) in [4.78, 5) is 33.2. The third-order valence-corrected chi connectivity index (χ3v) is 9.15. The molecular formula is C32H27N5O4S2. The Morgan fingerprint density at radius 1 is 1.07 bits per heavy atom. The molecule has 43 heavy (non-hydrogen) atoms. The van der Waals surface area contributed by atoms with Crippen LogP contribution in [0.1, 0.15) is 34.1 Å². The van der Waals surface area contributed by atoms with E-state index in [1.165, 1.54) is 33.6 Å². The number of fused-ring (bicyclic) bond motifs is 1. The van der Waals surface area contributed by atoms with E-state index in [-0.39, 0.29) is 16.5 Å². The molecule has 0 spiro atoms. The summed E-state index contributed by atoms with van der Waals surface area (Å²) >= 11 is 2.72. The van der Waals surface area contributed by atoms with Gasteiger partial charge < -0.3 is 9.84 Å². The van der Waals surface area contributed by atoms with Crippen molar-refractivity contribution in [3.05, 3.63) is 119 Å². The summed E-state index contributed by atoms with van der Waals surface area (Å²) in [6.07, 6.45) is 3.40. The Labute approximate surface area is 256 Å². The van der Waals surface area contributed by atoms with Crippen molar-refractivity contribution in [3.63, 3.8) is 0 Å². The third kappa shape index (κ3) is 5.44. The summed E-state index contributed by atoms with van der Waals surface area (Å²) in [6.45, 7) is 7.80. The molecule has 1 atom stereocenters. The van der Waals surface area contributed by atoms with Gasteiger partial charge >= 0.3 is 5.91 Å². The Morgan fingerprint density at radius 3 is 2.58 bits per heavy atom. The van der Waals surface area contributed by atoms with Gasteiger partial charge in [-0.05, 0) is 49.2 Å². The number of ether oxygens (including phenoxy) is 1. The number of carbonyl (C=O) groups excluding carboxylic acids is 2. The number of aliphatic hydroxyl groups is 1. The van der Waals surface area contributed by atoms with E-state index in [0.29, 0.717) is 45.0 Å². The van der Waals surface area contributed by atoms with Crippen LogP contribution in [0.5, 0.6) is 5.75 Å². The quantitative estimate of drug-likeness (QED) is 0.0519. The molecule has 0 radical (unpaired) electrons. The van der Waals surface area contributed by atoms with Crippen LogP contribution < -0.4 is 9.64 Å². The van der Waals surface area contributed by atoms with E-state index >= 15 is 0 Å². The molecule has 9 nitrogen and oxygen atoms in total.